The van der Waals surface area contributed by atoms with Gasteiger partial charge in [-0.3, -0.25) is 9.59 Å². The van der Waals surface area contributed by atoms with E-state index in [4.69, 9.17) is 16.3 Å². The van der Waals surface area contributed by atoms with Crippen molar-refractivity contribution in [2.24, 2.45) is 5.92 Å². The second kappa shape index (κ2) is 14.5. The average Bonchev–Trinajstić information content (AvgIpc) is 2.83. The van der Waals surface area contributed by atoms with E-state index in [1.807, 2.05) is 71.9 Å². The van der Waals surface area contributed by atoms with Gasteiger partial charge in [0.25, 0.3) is 5.91 Å². The van der Waals surface area contributed by atoms with E-state index in [1.54, 1.807) is 31.7 Å². The molecular weight excluding hydrogens is 526 g/mol. The molecule has 0 bridgehead atoms. The molecule has 0 heterocycles. The molecule has 2 rings (SSSR count). The van der Waals surface area contributed by atoms with Gasteiger partial charge in [0.05, 0.1) is 10.7 Å². The standard InChI is InChI=1S/C32H46ClN3O4/c1-10-11-18-36(30(38)25(19-20(2)3)34-31(39)40-32(7,8)9)28(26-21(4)14-12-15-22(26)5)29(37)35-27-23(6)16-13-17-24(27)33/h12-17,20,25,28H,10-11,18-19H2,1-9H3,(H,34,39)(H,35,37). The second-order valence-electron chi connectivity index (χ2n) is 11.8. The van der Waals surface area contributed by atoms with Gasteiger partial charge in [0.1, 0.15) is 17.7 Å². The molecule has 8 heteroatoms. The lowest BCUT2D eigenvalue weighted by Crippen LogP contribution is -2.53. The number of hydrogen-bond acceptors (Lipinski definition) is 4. The number of alkyl carbamates (subject to hydrolysis) is 1. The van der Waals surface area contributed by atoms with Gasteiger partial charge in [-0.1, -0.05) is 69.1 Å². The van der Waals surface area contributed by atoms with Gasteiger partial charge < -0.3 is 20.3 Å². The van der Waals surface area contributed by atoms with Crippen LogP contribution in [0.4, 0.5) is 10.5 Å². The molecule has 0 aromatic heterocycles. The van der Waals surface area contributed by atoms with Crippen LogP contribution in [-0.4, -0.2) is 41.0 Å². The van der Waals surface area contributed by atoms with Crippen LogP contribution in [0.2, 0.25) is 5.02 Å². The van der Waals surface area contributed by atoms with Crippen LogP contribution >= 0.6 is 11.6 Å². The Hall–Kier alpha value is -3.06. The normalized spacial score (nSPS) is 13.0. The number of unbranched alkanes of at least 4 members (excludes halogenated alkanes) is 1. The highest BCUT2D eigenvalue weighted by Crippen LogP contribution is 2.32. The van der Waals surface area contributed by atoms with Crippen molar-refractivity contribution in [3.8, 4) is 0 Å². The number of halogens is 1. The number of rotatable bonds is 11. The number of amides is 3. The molecule has 2 aromatic rings. The Kier molecular flexibility index (Phi) is 12.0. The monoisotopic (exact) mass is 571 g/mol. The van der Waals surface area contributed by atoms with E-state index < -0.39 is 23.8 Å². The molecule has 0 saturated heterocycles. The SMILES string of the molecule is CCCCN(C(=O)C(CC(C)C)NC(=O)OC(C)(C)C)C(C(=O)Nc1c(C)cccc1Cl)c1c(C)cccc1C. The van der Waals surface area contributed by atoms with Crippen molar-refractivity contribution >= 4 is 35.2 Å². The second-order valence-corrected chi connectivity index (χ2v) is 12.2. The van der Waals surface area contributed by atoms with Gasteiger partial charge in [0.2, 0.25) is 5.91 Å². The number of carbonyl (C=O) groups is 3. The number of aryl methyl sites for hydroxylation is 3. The fourth-order valence-electron chi connectivity index (χ4n) is 4.71. The fourth-order valence-corrected chi connectivity index (χ4v) is 4.98. The number of carbonyl (C=O) groups excluding carboxylic acids is 3. The lowest BCUT2D eigenvalue weighted by atomic mass is 9.92. The Labute approximate surface area is 245 Å². The first kappa shape index (κ1) is 33.1. The Morgan fingerprint density at radius 1 is 0.975 bits per heavy atom. The van der Waals surface area contributed by atoms with Gasteiger partial charge in [-0.15, -0.1) is 0 Å². The van der Waals surface area contributed by atoms with Crippen LogP contribution in [0.3, 0.4) is 0 Å². The zero-order valence-corrected chi connectivity index (χ0v) is 26.2. The van der Waals surface area contributed by atoms with E-state index in [9.17, 15) is 14.4 Å². The smallest absolute Gasteiger partial charge is 0.408 e. The lowest BCUT2D eigenvalue weighted by Gasteiger charge is -2.36. The van der Waals surface area contributed by atoms with Gasteiger partial charge in [-0.25, -0.2) is 4.79 Å². The maximum Gasteiger partial charge on any atom is 0.408 e. The van der Waals surface area contributed by atoms with Gasteiger partial charge >= 0.3 is 6.09 Å². The predicted octanol–water partition coefficient (Wildman–Crippen LogP) is 7.51. The Morgan fingerprint density at radius 3 is 2.08 bits per heavy atom. The minimum Gasteiger partial charge on any atom is -0.444 e. The molecule has 0 fully saturated rings. The summed E-state index contributed by atoms with van der Waals surface area (Å²) in [4.78, 5) is 43.0. The Bertz CT molecular complexity index is 1150. The van der Waals surface area contributed by atoms with E-state index in [-0.39, 0.29) is 17.7 Å². The Balaban J connectivity index is 2.64. The molecule has 0 aliphatic carbocycles. The van der Waals surface area contributed by atoms with Crippen molar-refractivity contribution < 1.29 is 19.1 Å². The summed E-state index contributed by atoms with van der Waals surface area (Å²) in [6.45, 7) is 17.4. The molecule has 0 aliphatic heterocycles. The van der Waals surface area contributed by atoms with Crippen LogP contribution in [0, 0.1) is 26.7 Å². The molecule has 7 nitrogen and oxygen atoms in total. The molecular formula is C32H46ClN3O4. The summed E-state index contributed by atoms with van der Waals surface area (Å²) >= 11 is 6.47. The Morgan fingerprint density at radius 2 is 1.55 bits per heavy atom. The quantitative estimate of drug-likeness (QED) is 0.292. The van der Waals surface area contributed by atoms with Crippen molar-refractivity contribution in [1.29, 1.82) is 0 Å². The molecule has 2 aromatic carbocycles. The van der Waals surface area contributed by atoms with Crippen molar-refractivity contribution in [2.75, 3.05) is 11.9 Å². The zero-order valence-electron chi connectivity index (χ0n) is 25.5. The van der Waals surface area contributed by atoms with Gasteiger partial charge in [0, 0.05) is 6.54 Å². The van der Waals surface area contributed by atoms with E-state index in [2.05, 4.69) is 10.6 Å². The minimum atomic E-state index is -0.939. The first-order chi connectivity index (χ1) is 18.7. The largest absolute Gasteiger partial charge is 0.444 e. The van der Waals surface area contributed by atoms with Crippen LogP contribution in [0.15, 0.2) is 36.4 Å². The number of nitrogens with zero attached hydrogens (tertiary/aromatic N) is 1. The summed E-state index contributed by atoms with van der Waals surface area (Å²) in [5, 5.41) is 6.24. The summed E-state index contributed by atoms with van der Waals surface area (Å²) < 4.78 is 5.48. The van der Waals surface area contributed by atoms with Crippen LogP contribution in [0.5, 0.6) is 0 Å². The fraction of sp³-hybridized carbons (Fsp3) is 0.531. The maximum atomic E-state index is 14.4. The van der Waals surface area contributed by atoms with Gasteiger partial charge in [0.15, 0.2) is 0 Å². The molecule has 0 spiro atoms. The van der Waals surface area contributed by atoms with E-state index in [1.165, 1.54) is 0 Å². The third-order valence-electron chi connectivity index (χ3n) is 6.58. The number of nitrogens with one attached hydrogen (secondary N) is 2. The maximum absolute atomic E-state index is 14.4. The highest BCUT2D eigenvalue weighted by Gasteiger charge is 2.38. The molecule has 2 atom stereocenters. The number of ether oxygens (including phenoxy) is 1. The predicted molar refractivity (Wildman–Crippen MR) is 163 cm³/mol. The summed E-state index contributed by atoms with van der Waals surface area (Å²) in [6, 6.07) is 9.43. The first-order valence-electron chi connectivity index (χ1n) is 14.1. The molecule has 3 amide bonds. The average molecular weight is 572 g/mol. The van der Waals surface area contributed by atoms with Crippen LogP contribution in [0.25, 0.3) is 0 Å². The molecule has 2 N–H and O–H groups in total. The van der Waals surface area contributed by atoms with Crippen molar-refractivity contribution in [3.63, 3.8) is 0 Å². The summed E-state index contributed by atoms with van der Waals surface area (Å²) in [5.41, 5.74) is 3.16. The van der Waals surface area contributed by atoms with Crippen LogP contribution < -0.4 is 10.6 Å². The van der Waals surface area contributed by atoms with Crippen molar-refractivity contribution in [1.82, 2.24) is 10.2 Å². The van der Waals surface area contributed by atoms with Crippen LogP contribution in [0.1, 0.15) is 89.1 Å². The topological polar surface area (TPSA) is 87.7 Å². The molecule has 2 unspecified atom stereocenters. The summed E-state index contributed by atoms with van der Waals surface area (Å²) in [5.74, 6) is -0.583. The highest BCUT2D eigenvalue weighted by molar-refractivity contribution is 6.34. The lowest BCUT2D eigenvalue weighted by molar-refractivity contribution is -0.141. The van der Waals surface area contributed by atoms with E-state index >= 15 is 0 Å². The minimum absolute atomic E-state index is 0.107. The number of para-hydroxylation sites is 1. The molecule has 220 valence electrons. The molecule has 40 heavy (non-hydrogen) atoms. The van der Waals surface area contributed by atoms with Gasteiger partial charge in [-0.05, 0) is 88.6 Å². The first-order valence-corrected chi connectivity index (χ1v) is 14.5. The number of benzene rings is 2. The van der Waals surface area contributed by atoms with Crippen molar-refractivity contribution in [3.05, 3.63) is 63.7 Å². The number of anilines is 1. The number of hydrogen-bond donors (Lipinski definition) is 2. The highest BCUT2D eigenvalue weighted by atomic mass is 35.5. The molecule has 0 saturated carbocycles. The van der Waals surface area contributed by atoms with Crippen LogP contribution in [-0.2, 0) is 14.3 Å². The molecule has 0 aliphatic rings. The van der Waals surface area contributed by atoms with Gasteiger partial charge in [-0.2, -0.15) is 0 Å². The summed E-state index contributed by atoms with van der Waals surface area (Å²) in [7, 11) is 0. The third-order valence-corrected chi connectivity index (χ3v) is 6.89. The summed E-state index contributed by atoms with van der Waals surface area (Å²) in [6.07, 6.45) is 1.24. The molecule has 0 radical (unpaired) electrons. The zero-order chi connectivity index (χ0) is 30.2. The third kappa shape index (κ3) is 9.26. The van der Waals surface area contributed by atoms with Crippen molar-refractivity contribution in [2.45, 2.75) is 99.3 Å². The van der Waals surface area contributed by atoms with E-state index in [0.717, 1.165) is 28.7 Å². The van der Waals surface area contributed by atoms with E-state index in [0.29, 0.717) is 30.1 Å².